The second-order valence-corrected chi connectivity index (χ2v) is 10.4. The number of non-ortho nitro benzene ring substituents is 1. The number of ether oxygens (including phenoxy) is 2. The minimum Gasteiger partial charge on any atom is -0.464 e. The number of fused-ring (bicyclic) bond motifs is 1. The number of nitro benzene ring substituents is 1. The van der Waals surface area contributed by atoms with Crippen LogP contribution in [0.25, 0.3) is 11.0 Å². The first-order valence-corrected chi connectivity index (χ1v) is 13.1. The van der Waals surface area contributed by atoms with Crippen LogP contribution in [-0.4, -0.2) is 56.7 Å². The Balaban J connectivity index is 1.81. The lowest BCUT2D eigenvalue weighted by Gasteiger charge is -2.25. The monoisotopic (exact) mass is 571 g/mol. The zero-order valence-corrected chi connectivity index (χ0v) is 23.6. The number of carbonyl (C=O) groups excluding carboxylic acids is 3. The number of alkyl carbamates (subject to hydrolysis) is 1. The molecule has 0 aliphatic heterocycles. The summed E-state index contributed by atoms with van der Waals surface area (Å²) in [5, 5.41) is 16.3. The summed E-state index contributed by atoms with van der Waals surface area (Å²) in [5.41, 5.74) is 0.755. The van der Waals surface area contributed by atoms with Crippen LogP contribution in [-0.2, 0) is 39.0 Å². The highest BCUT2D eigenvalue weighted by Crippen LogP contribution is 2.22. The van der Waals surface area contributed by atoms with Gasteiger partial charge in [0, 0.05) is 32.0 Å². The van der Waals surface area contributed by atoms with Crippen molar-refractivity contribution >= 4 is 34.7 Å². The molecular formula is C28H34FN5O7. The smallest absolute Gasteiger partial charge is 0.408 e. The first-order valence-electron chi connectivity index (χ1n) is 13.1. The second kappa shape index (κ2) is 13.2. The van der Waals surface area contributed by atoms with Crippen molar-refractivity contribution in [3.05, 3.63) is 69.8 Å². The van der Waals surface area contributed by atoms with Gasteiger partial charge in [-0.1, -0.05) is 12.1 Å². The highest BCUT2D eigenvalue weighted by atomic mass is 19.1. The molecule has 41 heavy (non-hydrogen) atoms. The molecule has 220 valence electrons. The maximum absolute atomic E-state index is 13.4. The van der Waals surface area contributed by atoms with E-state index >= 15 is 0 Å². The number of carbonyl (C=O) groups is 3. The molecule has 0 saturated carbocycles. The maximum Gasteiger partial charge on any atom is 0.408 e. The minimum atomic E-state index is -1.15. The summed E-state index contributed by atoms with van der Waals surface area (Å²) in [4.78, 5) is 53.8. The molecule has 2 atom stereocenters. The van der Waals surface area contributed by atoms with Crippen LogP contribution in [0.4, 0.5) is 14.9 Å². The highest BCUT2D eigenvalue weighted by molar-refractivity contribution is 5.90. The molecule has 0 saturated heterocycles. The molecule has 2 N–H and O–H groups in total. The van der Waals surface area contributed by atoms with Gasteiger partial charge < -0.3 is 24.7 Å². The minimum absolute atomic E-state index is 0.00440. The van der Waals surface area contributed by atoms with Crippen molar-refractivity contribution in [3.8, 4) is 0 Å². The molecule has 2 amide bonds. The van der Waals surface area contributed by atoms with Gasteiger partial charge in [-0.05, 0) is 57.9 Å². The predicted molar refractivity (Wildman–Crippen MR) is 148 cm³/mol. The number of hydrogen-bond donors (Lipinski definition) is 2. The predicted octanol–water partition coefficient (Wildman–Crippen LogP) is 3.74. The lowest BCUT2D eigenvalue weighted by Crippen LogP contribution is -2.53. The molecule has 0 aliphatic carbocycles. The fourth-order valence-corrected chi connectivity index (χ4v) is 4.13. The Kier molecular flexibility index (Phi) is 9.98. The molecule has 1 heterocycles. The first kappa shape index (κ1) is 31.0. The number of amides is 2. The number of aryl methyl sites for hydroxylation is 2. The van der Waals surface area contributed by atoms with Crippen molar-refractivity contribution in [2.24, 2.45) is 7.05 Å². The Hall–Kier alpha value is -4.55. The summed E-state index contributed by atoms with van der Waals surface area (Å²) in [5.74, 6) is -1.25. The van der Waals surface area contributed by atoms with Crippen molar-refractivity contribution in [1.29, 1.82) is 0 Å². The summed E-state index contributed by atoms with van der Waals surface area (Å²) in [6.45, 7) is 6.75. The molecule has 0 aliphatic rings. The Bertz CT molecular complexity index is 1420. The average Bonchev–Trinajstić information content (AvgIpc) is 3.20. The van der Waals surface area contributed by atoms with Gasteiger partial charge in [0.2, 0.25) is 5.91 Å². The third-order valence-electron chi connectivity index (χ3n) is 6.07. The number of nitrogens with zero attached hydrogens (tertiary/aromatic N) is 3. The Labute approximate surface area is 236 Å². The molecule has 0 unspecified atom stereocenters. The molecule has 12 nitrogen and oxygen atoms in total. The molecule has 0 fully saturated rings. The van der Waals surface area contributed by atoms with Crippen molar-refractivity contribution in [3.63, 3.8) is 0 Å². The topological polar surface area (TPSA) is 155 Å². The molecular weight excluding hydrogens is 537 g/mol. The van der Waals surface area contributed by atoms with E-state index in [9.17, 15) is 28.9 Å². The summed E-state index contributed by atoms with van der Waals surface area (Å²) in [6.07, 6.45) is -0.504. The van der Waals surface area contributed by atoms with E-state index in [1.165, 1.54) is 36.4 Å². The van der Waals surface area contributed by atoms with Crippen LogP contribution < -0.4 is 10.6 Å². The van der Waals surface area contributed by atoms with Gasteiger partial charge in [0.1, 0.15) is 29.3 Å². The van der Waals surface area contributed by atoms with E-state index in [0.717, 1.165) is 0 Å². The molecule has 13 heteroatoms. The van der Waals surface area contributed by atoms with E-state index in [1.54, 1.807) is 45.4 Å². The standard InChI is InChI=1S/C28H34FN5O7/c1-6-40-26(36)20(12-14-24-30-21-16-19(34(38)39)11-13-23(21)33(24)5)31-25(35)22(32-27(37)41-28(2,3)4)15-17-7-9-18(29)10-8-17/h7-11,13,16,20,22H,6,12,14-15H2,1-5H3,(H,31,35)(H,32,37)/t20-,22-/m0/s1. The van der Waals surface area contributed by atoms with Crippen molar-refractivity contribution in [2.45, 2.75) is 64.6 Å². The number of hydrogen-bond acceptors (Lipinski definition) is 8. The van der Waals surface area contributed by atoms with E-state index in [0.29, 0.717) is 22.4 Å². The summed E-state index contributed by atoms with van der Waals surface area (Å²) in [7, 11) is 1.75. The van der Waals surface area contributed by atoms with Gasteiger partial charge in [-0.3, -0.25) is 14.9 Å². The fourth-order valence-electron chi connectivity index (χ4n) is 4.13. The molecule has 3 aromatic rings. The van der Waals surface area contributed by atoms with Crippen LogP contribution >= 0.6 is 0 Å². The number of imidazole rings is 1. The average molecular weight is 572 g/mol. The van der Waals surface area contributed by atoms with Gasteiger partial charge in [-0.15, -0.1) is 0 Å². The molecule has 0 spiro atoms. The van der Waals surface area contributed by atoms with Crippen LogP contribution in [0.5, 0.6) is 0 Å². The van der Waals surface area contributed by atoms with Gasteiger partial charge >= 0.3 is 12.1 Å². The zero-order valence-electron chi connectivity index (χ0n) is 23.6. The lowest BCUT2D eigenvalue weighted by atomic mass is 10.0. The molecule has 3 rings (SSSR count). The zero-order chi connectivity index (χ0) is 30.3. The quantitative estimate of drug-likeness (QED) is 0.200. The highest BCUT2D eigenvalue weighted by Gasteiger charge is 2.30. The van der Waals surface area contributed by atoms with Gasteiger partial charge in [0.15, 0.2) is 0 Å². The van der Waals surface area contributed by atoms with Crippen LogP contribution in [0, 0.1) is 15.9 Å². The van der Waals surface area contributed by atoms with E-state index in [2.05, 4.69) is 15.6 Å². The molecule has 0 radical (unpaired) electrons. The molecule has 2 aromatic carbocycles. The van der Waals surface area contributed by atoms with E-state index in [4.69, 9.17) is 9.47 Å². The number of aromatic nitrogens is 2. The maximum atomic E-state index is 13.4. The largest absolute Gasteiger partial charge is 0.464 e. The van der Waals surface area contributed by atoms with Crippen LogP contribution in [0.3, 0.4) is 0 Å². The molecule has 1 aromatic heterocycles. The molecule has 0 bridgehead atoms. The Morgan fingerprint density at radius 1 is 1.10 bits per heavy atom. The normalized spacial score (nSPS) is 12.8. The van der Waals surface area contributed by atoms with E-state index < -0.39 is 46.4 Å². The van der Waals surface area contributed by atoms with Gasteiger partial charge in [-0.25, -0.2) is 19.0 Å². The van der Waals surface area contributed by atoms with E-state index in [-0.39, 0.29) is 31.6 Å². The number of esters is 1. The van der Waals surface area contributed by atoms with Crippen LogP contribution in [0.2, 0.25) is 0 Å². The SMILES string of the molecule is CCOC(=O)[C@H](CCc1nc2cc([N+](=O)[O-])ccc2n1C)NC(=O)[C@H](Cc1ccc(F)cc1)NC(=O)OC(C)(C)C. The second-order valence-electron chi connectivity index (χ2n) is 10.4. The van der Waals surface area contributed by atoms with Crippen molar-refractivity contribution in [2.75, 3.05) is 6.61 Å². The summed E-state index contributed by atoms with van der Waals surface area (Å²) >= 11 is 0. The van der Waals surface area contributed by atoms with Crippen molar-refractivity contribution in [1.82, 2.24) is 20.2 Å². The Morgan fingerprint density at radius 3 is 2.39 bits per heavy atom. The Morgan fingerprint density at radius 2 is 1.78 bits per heavy atom. The lowest BCUT2D eigenvalue weighted by molar-refractivity contribution is -0.384. The number of nitrogens with one attached hydrogen (secondary N) is 2. The first-order chi connectivity index (χ1) is 19.3. The van der Waals surface area contributed by atoms with Gasteiger partial charge in [-0.2, -0.15) is 0 Å². The fraction of sp³-hybridized carbons (Fsp3) is 0.429. The third kappa shape index (κ3) is 8.72. The third-order valence-corrected chi connectivity index (χ3v) is 6.07. The number of rotatable bonds is 11. The van der Waals surface area contributed by atoms with Gasteiger partial charge in [0.25, 0.3) is 5.69 Å². The summed E-state index contributed by atoms with van der Waals surface area (Å²) < 4.78 is 25.7. The number of benzene rings is 2. The number of nitro groups is 1. The van der Waals surface area contributed by atoms with Gasteiger partial charge in [0.05, 0.1) is 22.6 Å². The number of halogens is 1. The summed E-state index contributed by atoms with van der Waals surface area (Å²) in [6, 6.07) is 7.57. The van der Waals surface area contributed by atoms with E-state index in [1.807, 2.05) is 0 Å². The van der Waals surface area contributed by atoms with Crippen LogP contribution in [0.1, 0.15) is 45.5 Å². The van der Waals surface area contributed by atoms with Crippen LogP contribution in [0.15, 0.2) is 42.5 Å². The van der Waals surface area contributed by atoms with Crippen molar-refractivity contribution < 1.29 is 33.2 Å².